The average Bonchev–Trinajstić information content (AvgIpc) is 2.67. The fourth-order valence-electron chi connectivity index (χ4n) is 1.91. The molecule has 19 heavy (non-hydrogen) atoms. The number of hydrogen-bond donors (Lipinski definition) is 2. The van der Waals surface area contributed by atoms with Gasteiger partial charge in [-0.2, -0.15) is 0 Å². The maximum Gasteiger partial charge on any atom is 0.308 e. The van der Waals surface area contributed by atoms with E-state index < -0.39 is 5.97 Å². The maximum atomic E-state index is 11.9. The summed E-state index contributed by atoms with van der Waals surface area (Å²) in [5.41, 5.74) is 1.20. The van der Waals surface area contributed by atoms with Gasteiger partial charge >= 0.3 is 5.97 Å². The van der Waals surface area contributed by atoms with Crippen LogP contribution < -0.4 is 10.3 Å². The number of carboxylic acids is 1. The molecule has 0 fully saturated rings. The van der Waals surface area contributed by atoms with E-state index >= 15 is 0 Å². The van der Waals surface area contributed by atoms with Crippen LogP contribution >= 0.6 is 0 Å². The van der Waals surface area contributed by atoms with Gasteiger partial charge in [0.05, 0.1) is 24.8 Å². The molecular weight excluding hydrogens is 248 g/mol. The highest BCUT2D eigenvalue weighted by Crippen LogP contribution is 2.22. The Labute approximate surface area is 109 Å². The van der Waals surface area contributed by atoms with E-state index in [1.165, 1.54) is 4.68 Å². The quantitative estimate of drug-likeness (QED) is 0.861. The largest absolute Gasteiger partial charge is 0.497 e. The van der Waals surface area contributed by atoms with Crippen LogP contribution in [-0.2, 0) is 18.3 Å². The van der Waals surface area contributed by atoms with Gasteiger partial charge in [0.15, 0.2) is 0 Å². The van der Waals surface area contributed by atoms with E-state index in [1.807, 2.05) is 0 Å². The highest BCUT2D eigenvalue weighted by Gasteiger charge is 2.16. The molecule has 6 nitrogen and oxygen atoms in total. The van der Waals surface area contributed by atoms with Crippen molar-refractivity contribution in [3.63, 3.8) is 0 Å². The molecule has 1 heterocycles. The second-order valence-electron chi connectivity index (χ2n) is 4.13. The number of aliphatic carboxylic acids is 1. The molecule has 0 radical (unpaired) electrons. The monoisotopic (exact) mass is 262 g/mol. The van der Waals surface area contributed by atoms with Crippen molar-refractivity contribution in [1.29, 1.82) is 0 Å². The molecule has 0 saturated carbocycles. The Morgan fingerprint density at radius 1 is 1.37 bits per heavy atom. The molecule has 0 atom stereocenters. The Bertz CT molecular complexity index is 652. The van der Waals surface area contributed by atoms with Crippen molar-refractivity contribution in [3.8, 4) is 17.0 Å². The average molecular weight is 262 g/mol. The summed E-state index contributed by atoms with van der Waals surface area (Å²) in [4.78, 5) is 22.7. The van der Waals surface area contributed by atoms with Crippen molar-refractivity contribution in [3.05, 3.63) is 40.2 Å². The Morgan fingerprint density at radius 3 is 2.53 bits per heavy atom. The van der Waals surface area contributed by atoms with Crippen molar-refractivity contribution >= 4 is 5.97 Å². The highest BCUT2D eigenvalue weighted by atomic mass is 16.5. The van der Waals surface area contributed by atoms with Crippen molar-refractivity contribution in [2.45, 2.75) is 6.42 Å². The maximum absolute atomic E-state index is 11.9. The molecule has 0 saturated heterocycles. The number of hydrogen-bond acceptors (Lipinski definition) is 3. The Kier molecular flexibility index (Phi) is 3.41. The number of carbonyl (C=O) groups is 1. The zero-order valence-electron chi connectivity index (χ0n) is 10.6. The number of H-pyrrole nitrogens is 1. The number of ether oxygens (including phenoxy) is 1. The van der Waals surface area contributed by atoms with Gasteiger partial charge in [0, 0.05) is 12.6 Å². The van der Waals surface area contributed by atoms with Crippen molar-refractivity contribution in [1.82, 2.24) is 9.78 Å². The second kappa shape index (κ2) is 5.01. The molecule has 2 N–H and O–H groups in total. The van der Waals surface area contributed by atoms with Crippen molar-refractivity contribution < 1.29 is 14.6 Å². The van der Waals surface area contributed by atoms with Gasteiger partial charge in [-0.25, -0.2) is 0 Å². The molecule has 1 aromatic heterocycles. The third-order valence-electron chi connectivity index (χ3n) is 2.85. The standard InChI is InChI=1S/C13H14N2O4/c1-15-13(18)10(7-11(16)17)12(14-15)8-3-5-9(19-2)6-4-8/h3-6,14H,7H2,1-2H3,(H,16,17). The van der Waals surface area contributed by atoms with Crippen molar-refractivity contribution in [2.75, 3.05) is 7.11 Å². The minimum absolute atomic E-state index is 0.250. The van der Waals surface area contributed by atoms with E-state index in [1.54, 1.807) is 38.4 Å². The first-order valence-electron chi connectivity index (χ1n) is 5.67. The highest BCUT2D eigenvalue weighted by molar-refractivity contribution is 5.74. The lowest BCUT2D eigenvalue weighted by Crippen LogP contribution is -2.17. The first-order chi connectivity index (χ1) is 9.02. The van der Waals surface area contributed by atoms with E-state index in [-0.39, 0.29) is 17.5 Å². The lowest BCUT2D eigenvalue weighted by Gasteiger charge is -2.03. The first-order valence-corrected chi connectivity index (χ1v) is 5.67. The van der Waals surface area contributed by atoms with Gasteiger partial charge in [0.25, 0.3) is 5.56 Å². The summed E-state index contributed by atoms with van der Waals surface area (Å²) in [6, 6.07) is 7.06. The lowest BCUT2D eigenvalue weighted by molar-refractivity contribution is -0.136. The number of carboxylic acid groups (broad SMARTS) is 1. The number of aryl methyl sites for hydroxylation is 1. The van der Waals surface area contributed by atoms with E-state index in [0.717, 1.165) is 5.56 Å². The zero-order valence-corrected chi connectivity index (χ0v) is 10.6. The summed E-state index contributed by atoms with van der Waals surface area (Å²) in [6.07, 6.45) is -0.308. The molecule has 0 bridgehead atoms. The molecule has 6 heteroatoms. The molecule has 0 spiro atoms. The van der Waals surface area contributed by atoms with Crippen LogP contribution in [-0.4, -0.2) is 28.0 Å². The Balaban J connectivity index is 2.51. The molecule has 0 amide bonds. The molecule has 0 aliphatic heterocycles. The molecule has 100 valence electrons. The van der Waals surface area contributed by atoms with E-state index in [9.17, 15) is 9.59 Å². The molecule has 0 aliphatic rings. The summed E-state index contributed by atoms with van der Waals surface area (Å²) in [7, 11) is 3.12. The van der Waals surface area contributed by atoms with Gasteiger partial charge in [-0.15, -0.1) is 0 Å². The Hall–Kier alpha value is -2.50. The van der Waals surface area contributed by atoms with Crippen LogP contribution in [0.25, 0.3) is 11.3 Å². The van der Waals surface area contributed by atoms with Crippen LogP contribution in [0, 0.1) is 0 Å². The SMILES string of the molecule is COc1ccc(-c2[nH]n(C)c(=O)c2CC(=O)O)cc1. The lowest BCUT2D eigenvalue weighted by atomic mass is 10.1. The van der Waals surface area contributed by atoms with Crippen LogP contribution in [0.15, 0.2) is 29.1 Å². The van der Waals surface area contributed by atoms with Gasteiger partial charge in [0.1, 0.15) is 5.75 Å². The van der Waals surface area contributed by atoms with Gasteiger partial charge in [-0.1, -0.05) is 0 Å². The predicted molar refractivity (Wildman–Crippen MR) is 69.4 cm³/mol. The minimum Gasteiger partial charge on any atom is -0.497 e. The summed E-state index contributed by atoms with van der Waals surface area (Å²) in [5.74, 6) is -0.340. The number of rotatable bonds is 4. The predicted octanol–water partition coefficient (Wildman–Crippen LogP) is 1.02. The number of aromatic nitrogens is 2. The fourth-order valence-corrected chi connectivity index (χ4v) is 1.91. The molecule has 1 aromatic carbocycles. The summed E-state index contributed by atoms with van der Waals surface area (Å²) in [5, 5.41) is 11.7. The summed E-state index contributed by atoms with van der Waals surface area (Å²) >= 11 is 0. The third kappa shape index (κ3) is 2.52. The second-order valence-corrected chi connectivity index (χ2v) is 4.13. The third-order valence-corrected chi connectivity index (χ3v) is 2.85. The first kappa shape index (κ1) is 12.9. The summed E-state index contributed by atoms with van der Waals surface area (Å²) < 4.78 is 6.33. The normalized spacial score (nSPS) is 10.4. The molecule has 2 aromatic rings. The molecule has 2 rings (SSSR count). The van der Waals surface area contributed by atoms with Crippen LogP contribution in [0.5, 0.6) is 5.75 Å². The number of nitrogens with one attached hydrogen (secondary N) is 1. The minimum atomic E-state index is -1.04. The number of benzene rings is 1. The molecule has 0 unspecified atom stereocenters. The molecule has 0 aliphatic carbocycles. The van der Waals surface area contributed by atoms with Crippen LogP contribution in [0.4, 0.5) is 0 Å². The van der Waals surface area contributed by atoms with Gasteiger partial charge in [-0.3, -0.25) is 19.4 Å². The number of methoxy groups -OCH3 is 1. The summed E-state index contributed by atoms with van der Waals surface area (Å²) in [6.45, 7) is 0. The van der Waals surface area contributed by atoms with Crippen molar-refractivity contribution in [2.24, 2.45) is 7.05 Å². The van der Waals surface area contributed by atoms with Crippen LogP contribution in [0.1, 0.15) is 5.56 Å². The van der Waals surface area contributed by atoms with E-state index in [0.29, 0.717) is 11.4 Å². The zero-order chi connectivity index (χ0) is 14.0. The smallest absolute Gasteiger partial charge is 0.308 e. The van der Waals surface area contributed by atoms with Crippen LogP contribution in [0.2, 0.25) is 0 Å². The van der Waals surface area contributed by atoms with Gasteiger partial charge in [-0.05, 0) is 24.3 Å². The Morgan fingerprint density at radius 2 is 2.00 bits per heavy atom. The van der Waals surface area contributed by atoms with E-state index in [2.05, 4.69) is 5.10 Å². The topological polar surface area (TPSA) is 84.3 Å². The fraction of sp³-hybridized carbons (Fsp3) is 0.231. The van der Waals surface area contributed by atoms with Gasteiger partial charge in [0.2, 0.25) is 0 Å². The van der Waals surface area contributed by atoms with E-state index in [4.69, 9.17) is 9.84 Å². The molecular formula is C13H14N2O4. The number of aromatic amines is 1. The number of nitrogens with zero attached hydrogens (tertiary/aromatic N) is 1. The van der Waals surface area contributed by atoms with Gasteiger partial charge < -0.3 is 9.84 Å². The van der Waals surface area contributed by atoms with Crippen LogP contribution in [0.3, 0.4) is 0 Å².